The summed E-state index contributed by atoms with van der Waals surface area (Å²) < 4.78 is 6.18. The van der Waals surface area contributed by atoms with Crippen LogP contribution in [0.3, 0.4) is 0 Å². The summed E-state index contributed by atoms with van der Waals surface area (Å²) in [6.45, 7) is 4.25. The quantitative estimate of drug-likeness (QED) is 0.633. The first-order valence-corrected chi connectivity index (χ1v) is 9.23. The van der Waals surface area contributed by atoms with E-state index in [0.29, 0.717) is 24.4 Å². The van der Waals surface area contributed by atoms with Crippen molar-refractivity contribution >= 4 is 27.9 Å². The first kappa shape index (κ1) is 17.9. The van der Waals surface area contributed by atoms with Crippen molar-refractivity contribution < 1.29 is 14.3 Å². The molecule has 1 fully saturated rings. The number of nitrogens with one attached hydrogen (secondary N) is 3. The van der Waals surface area contributed by atoms with E-state index >= 15 is 0 Å². The van der Waals surface area contributed by atoms with E-state index in [-0.39, 0.29) is 17.6 Å². The summed E-state index contributed by atoms with van der Waals surface area (Å²) in [5.74, 6) is -0.396. The van der Waals surface area contributed by atoms with Crippen LogP contribution in [0.2, 0.25) is 0 Å². The molecule has 0 spiro atoms. The number of halogens is 1. The SMILES string of the molecule is CCOC(=O)C1=C(CNC2(c3ccc(Br)cc3)CC2)NC(=O)N[C@@H]1C. The second-order valence-electron chi connectivity index (χ2n) is 6.38. The molecule has 1 heterocycles. The minimum Gasteiger partial charge on any atom is -0.463 e. The monoisotopic (exact) mass is 407 g/mol. The summed E-state index contributed by atoms with van der Waals surface area (Å²) in [5.41, 5.74) is 2.17. The number of rotatable bonds is 6. The van der Waals surface area contributed by atoms with E-state index in [0.717, 1.165) is 17.3 Å². The number of benzene rings is 1. The molecular formula is C18H22BrN3O3. The minimum absolute atomic E-state index is 0.0910. The first-order chi connectivity index (χ1) is 11.9. The molecule has 1 aromatic rings. The van der Waals surface area contributed by atoms with E-state index in [4.69, 9.17) is 4.74 Å². The van der Waals surface area contributed by atoms with Crippen molar-refractivity contribution in [1.29, 1.82) is 0 Å². The van der Waals surface area contributed by atoms with Crippen LogP contribution in [0.4, 0.5) is 4.79 Å². The third-order valence-corrected chi connectivity index (χ3v) is 5.14. The number of urea groups is 1. The zero-order chi connectivity index (χ0) is 18.0. The lowest BCUT2D eigenvalue weighted by Crippen LogP contribution is -2.51. The topological polar surface area (TPSA) is 79.5 Å². The Balaban J connectivity index is 1.79. The molecular weight excluding hydrogens is 386 g/mol. The van der Waals surface area contributed by atoms with Crippen molar-refractivity contribution in [1.82, 2.24) is 16.0 Å². The highest BCUT2D eigenvalue weighted by Gasteiger charge is 2.44. The fourth-order valence-corrected chi connectivity index (χ4v) is 3.40. The zero-order valence-corrected chi connectivity index (χ0v) is 15.9. The predicted octanol–water partition coefficient (Wildman–Crippen LogP) is 2.55. The smallest absolute Gasteiger partial charge is 0.337 e. The van der Waals surface area contributed by atoms with Crippen molar-refractivity contribution in [2.75, 3.05) is 13.2 Å². The number of hydrogen-bond donors (Lipinski definition) is 3. The minimum atomic E-state index is -0.396. The van der Waals surface area contributed by atoms with Crippen LogP contribution in [0.5, 0.6) is 0 Å². The lowest BCUT2D eigenvalue weighted by atomic mass is 10.0. The van der Waals surface area contributed by atoms with E-state index in [1.165, 1.54) is 5.56 Å². The van der Waals surface area contributed by atoms with Gasteiger partial charge in [0, 0.05) is 22.3 Å². The Morgan fingerprint density at radius 3 is 2.64 bits per heavy atom. The summed E-state index contributed by atoms with van der Waals surface area (Å²) in [7, 11) is 0. The van der Waals surface area contributed by atoms with Gasteiger partial charge in [0.1, 0.15) is 0 Å². The Kier molecular flexibility index (Phi) is 5.15. The first-order valence-electron chi connectivity index (χ1n) is 8.44. The number of esters is 1. The van der Waals surface area contributed by atoms with E-state index < -0.39 is 5.97 Å². The third kappa shape index (κ3) is 3.88. The Labute approximate surface area is 155 Å². The summed E-state index contributed by atoms with van der Waals surface area (Å²) >= 11 is 3.45. The van der Waals surface area contributed by atoms with Gasteiger partial charge in [-0.05, 0) is 44.4 Å². The van der Waals surface area contributed by atoms with Crippen LogP contribution in [-0.4, -0.2) is 31.2 Å². The molecule has 25 heavy (non-hydrogen) atoms. The summed E-state index contributed by atoms with van der Waals surface area (Å²) in [4.78, 5) is 24.1. The predicted molar refractivity (Wildman–Crippen MR) is 97.8 cm³/mol. The maximum atomic E-state index is 12.3. The maximum absolute atomic E-state index is 12.3. The Bertz CT molecular complexity index is 711. The van der Waals surface area contributed by atoms with Gasteiger partial charge in [0.2, 0.25) is 0 Å². The molecule has 0 saturated heterocycles. The average Bonchev–Trinajstić information content (AvgIpc) is 3.34. The summed E-state index contributed by atoms with van der Waals surface area (Å²) in [5, 5.41) is 8.98. The molecule has 2 amide bonds. The lowest BCUT2D eigenvalue weighted by Gasteiger charge is -2.28. The second kappa shape index (κ2) is 7.17. The van der Waals surface area contributed by atoms with Gasteiger partial charge in [-0.2, -0.15) is 0 Å². The van der Waals surface area contributed by atoms with Crippen LogP contribution in [0.15, 0.2) is 40.0 Å². The van der Waals surface area contributed by atoms with Gasteiger partial charge in [0.25, 0.3) is 0 Å². The number of carbonyl (C=O) groups is 2. The number of hydrogen-bond acceptors (Lipinski definition) is 4. The number of carbonyl (C=O) groups excluding carboxylic acids is 2. The number of amides is 2. The number of ether oxygens (including phenoxy) is 1. The summed E-state index contributed by atoms with van der Waals surface area (Å²) in [6.07, 6.45) is 2.05. The molecule has 1 aromatic carbocycles. The van der Waals surface area contributed by atoms with Crippen LogP contribution in [-0.2, 0) is 15.1 Å². The highest BCUT2D eigenvalue weighted by Crippen LogP contribution is 2.45. The second-order valence-corrected chi connectivity index (χ2v) is 7.29. The van der Waals surface area contributed by atoms with Crippen LogP contribution >= 0.6 is 15.9 Å². The van der Waals surface area contributed by atoms with Crippen LogP contribution in [0, 0.1) is 0 Å². The van der Waals surface area contributed by atoms with Crippen molar-refractivity contribution in [3.8, 4) is 0 Å². The van der Waals surface area contributed by atoms with Crippen molar-refractivity contribution in [2.24, 2.45) is 0 Å². The molecule has 0 radical (unpaired) electrons. The van der Waals surface area contributed by atoms with Crippen molar-refractivity contribution in [3.63, 3.8) is 0 Å². The fraction of sp³-hybridized carbons (Fsp3) is 0.444. The van der Waals surface area contributed by atoms with E-state index in [1.54, 1.807) is 13.8 Å². The molecule has 7 heteroatoms. The molecule has 3 rings (SSSR count). The van der Waals surface area contributed by atoms with E-state index in [2.05, 4.69) is 44.0 Å². The zero-order valence-electron chi connectivity index (χ0n) is 14.3. The molecule has 1 aliphatic carbocycles. The van der Waals surface area contributed by atoms with Crippen LogP contribution in [0.25, 0.3) is 0 Å². The molecule has 134 valence electrons. The molecule has 1 aliphatic heterocycles. The van der Waals surface area contributed by atoms with Crippen LogP contribution in [0.1, 0.15) is 32.3 Å². The standard InChI is InChI=1S/C18H22BrN3O3/c1-3-25-16(23)15-11(2)21-17(24)22-14(15)10-20-18(8-9-18)12-4-6-13(19)7-5-12/h4-7,11,20H,3,8-10H2,1-2H3,(H2,21,22,24)/t11-/m1/s1. The molecule has 0 bridgehead atoms. The molecule has 0 aromatic heterocycles. The average molecular weight is 408 g/mol. The molecule has 2 aliphatic rings. The Morgan fingerprint density at radius 1 is 1.36 bits per heavy atom. The van der Waals surface area contributed by atoms with Gasteiger partial charge in [-0.25, -0.2) is 9.59 Å². The summed E-state index contributed by atoms with van der Waals surface area (Å²) in [6, 6.07) is 7.55. The van der Waals surface area contributed by atoms with Gasteiger partial charge < -0.3 is 20.7 Å². The van der Waals surface area contributed by atoms with Gasteiger partial charge in [-0.3, -0.25) is 0 Å². The maximum Gasteiger partial charge on any atom is 0.337 e. The highest BCUT2D eigenvalue weighted by atomic mass is 79.9. The highest BCUT2D eigenvalue weighted by molar-refractivity contribution is 9.10. The van der Waals surface area contributed by atoms with Crippen molar-refractivity contribution in [2.45, 2.75) is 38.3 Å². The van der Waals surface area contributed by atoms with Gasteiger partial charge in [-0.15, -0.1) is 0 Å². The molecule has 1 atom stereocenters. The van der Waals surface area contributed by atoms with Gasteiger partial charge in [-0.1, -0.05) is 28.1 Å². The van der Waals surface area contributed by atoms with Crippen LogP contribution < -0.4 is 16.0 Å². The van der Waals surface area contributed by atoms with Crippen molar-refractivity contribution in [3.05, 3.63) is 45.6 Å². The Morgan fingerprint density at radius 2 is 2.04 bits per heavy atom. The molecule has 0 unspecified atom stereocenters. The van der Waals surface area contributed by atoms with E-state index in [9.17, 15) is 9.59 Å². The normalized spacial score (nSPS) is 21.4. The van der Waals surface area contributed by atoms with Gasteiger partial charge in [0.05, 0.1) is 18.2 Å². The van der Waals surface area contributed by atoms with Gasteiger partial charge >= 0.3 is 12.0 Å². The largest absolute Gasteiger partial charge is 0.463 e. The third-order valence-electron chi connectivity index (χ3n) is 4.62. The Hall–Kier alpha value is -1.86. The molecule has 1 saturated carbocycles. The van der Waals surface area contributed by atoms with E-state index in [1.807, 2.05) is 12.1 Å². The fourth-order valence-electron chi connectivity index (χ4n) is 3.14. The lowest BCUT2D eigenvalue weighted by molar-refractivity contribution is -0.139. The van der Waals surface area contributed by atoms with Gasteiger partial charge in [0.15, 0.2) is 0 Å². The molecule has 6 nitrogen and oxygen atoms in total. The molecule has 3 N–H and O–H groups in total.